The van der Waals surface area contributed by atoms with Gasteiger partial charge in [0.25, 0.3) is 0 Å². The second-order valence-electron chi connectivity index (χ2n) is 5.44. The van der Waals surface area contributed by atoms with Crippen LogP contribution in [0, 0.1) is 20.8 Å². The van der Waals surface area contributed by atoms with Crippen LogP contribution in [0.2, 0.25) is 0 Å². The number of methoxy groups -OCH3 is 1. The van der Waals surface area contributed by atoms with Gasteiger partial charge in [-0.05, 0) is 63.9 Å². The van der Waals surface area contributed by atoms with Gasteiger partial charge in [0.15, 0.2) is 0 Å². The minimum atomic E-state index is -0.813. The Labute approximate surface area is 110 Å². The maximum absolute atomic E-state index is 10.3. The third-order valence-corrected chi connectivity index (χ3v) is 3.58. The average molecular weight is 251 g/mol. The van der Waals surface area contributed by atoms with Crippen LogP contribution in [0.3, 0.4) is 0 Å². The van der Waals surface area contributed by atoms with E-state index in [1.807, 2.05) is 27.8 Å². The van der Waals surface area contributed by atoms with Gasteiger partial charge in [-0.25, -0.2) is 0 Å². The third-order valence-electron chi connectivity index (χ3n) is 3.58. The molecule has 1 atom stereocenters. The molecule has 3 nitrogen and oxygen atoms in total. The highest BCUT2D eigenvalue weighted by molar-refractivity contribution is 5.50. The molecule has 0 saturated carbocycles. The average Bonchev–Trinajstić information content (AvgIpc) is 2.25. The molecule has 18 heavy (non-hydrogen) atoms. The van der Waals surface area contributed by atoms with Gasteiger partial charge in [-0.1, -0.05) is 6.07 Å². The molecule has 0 saturated heterocycles. The van der Waals surface area contributed by atoms with Crippen LogP contribution in [0.4, 0.5) is 0 Å². The second kappa shape index (κ2) is 5.29. The molecular weight excluding hydrogens is 226 g/mol. The molecule has 0 aromatic heterocycles. The molecule has 0 fully saturated rings. The van der Waals surface area contributed by atoms with Crippen LogP contribution < -0.4 is 10.1 Å². The van der Waals surface area contributed by atoms with E-state index >= 15 is 0 Å². The second-order valence-corrected chi connectivity index (χ2v) is 5.44. The number of hydrogen-bond acceptors (Lipinski definition) is 3. The van der Waals surface area contributed by atoms with Crippen LogP contribution in [0.1, 0.15) is 42.1 Å². The van der Waals surface area contributed by atoms with E-state index in [2.05, 4.69) is 25.2 Å². The van der Waals surface area contributed by atoms with E-state index in [-0.39, 0.29) is 6.04 Å². The zero-order chi connectivity index (χ0) is 14.1. The Morgan fingerprint density at radius 3 is 2.17 bits per heavy atom. The Morgan fingerprint density at radius 2 is 1.78 bits per heavy atom. The molecule has 0 radical (unpaired) electrons. The Kier molecular flexibility index (Phi) is 4.41. The molecule has 0 spiro atoms. The van der Waals surface area contributed by atoms with Crippen LogP contribution in [0.15, 0.2) is 6.07 Å². The van der Waals surface area contributed by atoms with Crippen molar-refractivity contribution in [1.29, 1.82) is 0 Å². The molecule has 0 aliphatic rings. The van der Waals surface area contributed by atoms with E-state index in [4.69, 9.17) is 4.74 Å². The predicted molar refractivity (Wildman–Crippen MR) is 75.3 cm³/mol. The van der Waals surface area contributed by atoms with Crippen LogP contribution in [0.25, 0.3) is 0 Å². The summed E-state index contributed by atoms with van der Waals surface area (Å²) in [6.07, 6.45) is 0. The van der Waals surface area contributed by atoms with Gasteiger partial charge < -0.3 is 15.2 Å². The van der Waals surface area contributed by atoms with E-state index in [1.54, 1.807) is 7.11 Å². The zero-order valence-corrected chi connectivity index (χ0v) is 12.5. The van der Waals surface area contributed by atoms with Crippen molar-refractivity contribution in [1.82, 2.24) is 5.32 Å². The number of aryl methyl sites for hydroxylation is 1. The first-order valence-electron chi connectivity index (χ1n) is 6.28. The predicted octanol–water partition coefficient (Wildman–Crippen LogP) is 2.65. The molecule has 3 heteroatoms. The Balaban J connectivity index is 3.43. The molecule has 0 heterocycles. The minimum absolute atomic E-state index is 0.0965. The summed E-state index contributed by atoms with van der Waals surface area (Å²) in [6, 6.07) is 2.00. The summed E-state index contributed by atoms with van der Waals surface area (Å²) in [4.78, 5) is 0. The van der Waals surface area contributed by atoms with Gasteiger partial charge in [0.2, 0.25) is 0 Å². The van der Waals surface area contributed by atoms with Crippen molar-refractivity contribution >= 4 is 0 Å². The largest absolute Gasteiger partial charge is 0.496 e. The lowest BCUT2D eigenvalue weighted by Gasteiger charge is -2.31. The van der Waals surface area contributed by atoms with Crippen molar-refractivity contribution in [3.63, 3.8) is 0 Å². The van der Waals surface area contributed by atoms with Gasteiger partial charge >= 0.3 is 0 Å². The third kappa shape index (κ3) is 2.68. The molecular formula is C15H25NO2. The van der Waals surface area contributed by atoms with E-state index in [0.29, 0.717) is 0 Å². The van der Waals surface area contributed by atoms with Gasteiger partial charge in [0, 0.05) is 0 Å². The fourth-order valence-electron chi connectivity index (χ4n) is 2.59. The molecule has 1 rings (SSSR count). The lowest BCUT2D eigenvalue weighted by atomic mass is 9.86. The van der Waals surface area contributed by atoms with E-state index in [9.17, 15) is 5.11 Å². The summed E-state index contributed by atoms with van der Waals surface area (Å²) >= 11 is 0. The van der Waals surface area contributed by atoms with Gasteiger partial charge in [0.05, 0.1) is 18.8 Å². The van der Waals surface area contributed by atoms with Crippen LogP contribution in [-0.4, -0.2) is 24.9 Å². The number of benzene rings is 1. The molecule has 0 aliphatic carbocycles. The fraction of sp³-hybridized carbons (Fsp3) is 0.600. The molecule has 1 unspecified atom stereocenters. The monoisotopic (exact) mass is 251 g/mol. The SMILES string of the molecule is CNC(c1cc(C)c(OC)c(C)c1C)C(C)(C)O. The van der Waals surface area contributed by atoms with Gasteiger partial charge in [0.1, 0.15) is 5.75 Å². The summed E-state index contributed by atoms with van der Waals surface area (Å²) in [7, 11) is 3.57. The van der Waals surface area contributed by atoms with Crippen LogP contribution in [0.5, 0.6) is 5.75 Å². The Bertz CT molecular complexity index is 433. The van der Waals surface area contributed by atoms with Crippen LogP contribution >= 0.6 is 0 Å². The molecule has 1 aromatic rings. The van der Waals surface area contributed by atoms with Crippen molar-refractivity contribution in [2.45, 2.75) is 46.3 Å². The van der Waals surface area contributed by atoms with E-state index in [1.165, 1.54) is 5.56 Å². The Hall–Kier alpha value is -1.06. The number of rotatable bonds is 4. The lowest BCUT2D eigenvalue weighted by molar-refractivity contribution is 0.0397. The molecule has 1 aromatic carbocycles. The summed E-state index contributed by atoms with van der Waals surface area (Å²) in [6.45, 7) is 9.81. The summed E-state index contributed by atoms with van der Waals surface area (Å²) < 4.78 is 5.43. The van der Waals surface area contributed by atoms with E-state index in [0.717, 1.165) is 22.4 Å². The molecule has 0 aliphatic heterocycles. The Morgan fingerprint density at radius 1 is 1.22 bits per heavy atom. The van der Waals surface area contributed by atoms with Gasteiger partial charge in [-0.3, -0.25) is 0 Å². The fourth-order valence-corrected chi connectivity index (χ4v) is 2.59. The summed E-state index contributed by atoms with van der Waals surface area (Å²) in [5.74, 6) is 0.932. The minimum Gasteiger partial charge on any atom is -0.496 e. The molecule has 2 N–H and O–H groups in total. The first kappa shape index (κ1) is 15.0. The lowest BCUT2D eigenvalue weighted by Crippen LogP contribution is -2.38. The first-order valence-corrected chi connectivity index (χ1v) is 6.28. The van der Waals surface area contributed by atoms with Crippen molar-refractivity contribution in [3.8, 4) is 5.75 Å². The number of hydrogen-bond donors (Lipinski definition) is 2. The number of likely N-dealkylation sites (N-methyl/N-ethyl adjacent to an activating group) is 1. The highest BCUT2D eigenvalue weighted by Crippen LogP contribution is 2.35. The summed E-state index contributed by atoms with van der Waals surface area (Å²) in [5, 5.41) is 13.5. The smallest absolute Gasteiger partial charge is 0.124 e. The normalized spacial score (nSPS) is 13.6. The number of ether oxygens (including phenoxy) is 1. The maximum Gasteiger partial charge on any atom is 0.124 e. The molecule has 102 valence electrons. The first-order chi connectivity index (χ1) is 8.23. The highest BCUT2D eigenvalue weighted by Gasteiger charge is 2.29. The highest BCUT2D eigenvalue weighted by atomic mass is 16.5. The summed E-state index contributed by atoms with van der Waals surface area (Å²) in [5.41, 5.74) is 3.71. The van der Waals surface area contributed by atoms with Crippen molar-refractivity contribution < 1.29 is 9.84 Å². The standard InChI is InChI=1S/C15H25NO2/c1-9-8-12(14(16-6)15(4,5)17)10(2)11(3)13(9)18-7/h8,14,16-17H,1-7H3. The number of aliphatic hydroxyl groups is 1. The quantitative estimate of drug-likeness (QED) is 0.864. The van der Waals surface area contributed by atoms with Crippen LogP contribution in [-0.2, 0) is 0 Å². The number of nitrogens with one attached hydrogen (secondary N) is 1. The van der Waals surface area contributed by atoms with Gasteiger partial charge in [-0.15, -0.1) is 0 Å². The van der Waals surface area contributed by atoms with Crippen molar-refractivity contribution in [2.24, 2.45) is 0 Å². The molecule has 0 amide bonds. The van der Waals surface area contributed by atoms with Crippen molar-refractivity contribution in [3.05, 3.63) is 28.3 Å². The molecule has 0 bridgehead atoms. The van der Waals surface area contributed by atoms with Gasteiger partial charge in [-0.2, -0.15) is 0 Å². The van der Waals surface area contributed by atoms with E-state index < -0.39 is 5.60 Å². The maximum atomic E-state index is 10.3. The van der Waals surface area contributed by atoms with Crippen molar-refractivity contribution in [2.75, 3.05) is 14.2 Å². The topological polar surface area (TPSA) is 41.5 Å². The zero-order valence-electron chi connectivity index (χ0n) is 12.5.